The minimum Gasteiger partial charge on any atom is -0.507 e. The van der Waals surface area contributed by atoms with E-state index in [-0.39, 0.29) is 11.3 Å². The highest BCUT2D eigenvalue weighted by molar-refractivity contribution is 5.59. The smallest absolute Gasteiger partial charge is 0.126 e. The van der Waals surface area contributed by atoms with Crippen molar-refractivity contribution in [1.29, 1.82) is 0 Å². The van der Waals surface area contributed by atoms with Gasteiger partial charge in [0.25, 0.3) is 0 Å². The van der Waals surface area contributed by atoms with Gasteiger partial charge >= 0.3 is 0 Å². The highest BCUT2D eigenvalue weighted by atomic mass is 16.5. The van der Waals surface area contributed by atoms with E-state index in [0.29, 0.717) is 17.1 Å². The minimum absolute atomic E-state index is 0.178. The van der Waals surface area contributed by atoms with E-state index < -0.39 is 0 Å². The molecule has 1 fully saturated rings. The topological polar surface area (TPSA) is 29.5 Å². The molecule has 0 saturated heterocycles. The van der Waals surface area contributed by atoms with Gasteiger partial charge in [0.15, 0.2) is 0 Å². The molecule has 1 aromatic carbocycles. The van der Waals surface area contributed by atoms with Crippen LogP contribution in [0.2, 0.25) is 0 Å². The summed E-state index contributed by atoms with van der Waals surface area (Å²) in [5, 5.41) is 10.9. The molecule has 1 aromatic rings. The van der Waals surface area contributed by atoms with Gasteiger partial charge in [-0.05, 0) is 59.1 Å². The summed E-state index contributed by atoms with van der Waals surface area (Å²) in [6.45, 7) is 11.4. The Kier molecular flexibility index (Phi) is 3.50. The van der Waals surface area contributed by atoms with E-state index in [1.54, 1.807) is 7.11 Å². The van der Waals surface area contributed by atoms with Gasteiger partial charge in [0.05, 0.1) is 7.11 Å². The van der Waals surface area contributed by atoms with Crippen LogP contribution in [0.5, 0.6) is 11.5 Å². The Labute approximate surface area is 134 Å². The third-order valence-electron chi connectivity index (χ3n) is 6.46. The third-order valence-corrected chi connectivity index (χ3v) is 6.46. The lowest BCUT2D eigenvalue weighted by Gasteiger charge is -2.47. The van der Waals surface area contributed by atoms with Gasteiger partial charge in [-0.1, -0.05) is 41.0 Å². The van der Waals surface area contributed by atoms with Gasteiger partial charge in [-0.15, -0.1) is 0 Å². The highest BCUT2D eigenvalue weighted by Gasteiger charge is 2.53. The molecule has 0 aromatic heterocycles. The first-order chi connectivity index (χ1) is 10.2. The molecule has 0 heterocycles. The molecule has 2 aliphatic carbocycles. The minimum atomic E-state index is 0.178. The predicted molar refractivity (Wildman–Crippen MR) is 90.9 cm³/mol. The molecule has 1 N–H and O–H groups in total. The third kappa shape index (κ3) is 1.99. The molecule has 0 spiro atoms. The first-order valence-electron chi connectivity index (χ1n) is 8.65. The Hall–Kier alpha value is -1.18. The first kappa shape index (κ1) is 15.7. The molecule has 2 unspecified atom stereocenters. The van der Waals surface area contributed by atoms with E-state index >= 15 is 0 Å². The van der Waals surface area contributed by atoms with Crippen LogP contribution >= 0.6 is 0 Å². The lowest BCUT2D eigenvalue weighted by Crippen LogP contribution is -2.42. The lowest BCUT2D eigenvalue weighted by atomic mass is 9.57. The normalized spacial score (nSPS) is 29.3. The number of benzene rings is 1. The molecule has 0 aliphatic heterocycles. The zero-order valence-electron chi connectivity index (χ0n) is 14.9. The molecule has 2 heteroatoms. The largest absolute Gasteiger partial charge is 0.507 e. The molecule has 1 saturated carbocycles. The molecule has 122 valence electrons. The second-order valence-corrected chi connectivity index (χ2v) is 8.54. The SMILES string of the molecule is COc1cc2c(c(O)c1C(C)C)CC1C(C)(C)CCCC21C. The summed E-state index contributed by atoms with van der Waals surface area (Å²) < 4.78 is 5.63. The lowest BCUT2D eigenvalue weighted by molar-refractivity contribution is 0.0701. The van der Waals surface area contributed by atoms with Crippen LogP contribution in [0.3, 0.4) is 0 Å². The Morgan fingerprint density at radius 3 is 2.50 bits per heavy atom. The van der Waals surface area contributed by atoms with Gasteiger partial charge in [-0.3, -0.25) is 0 Å². The summed E-state index contributed by atoms with van der Waals surface area (Å²) in [6.07, 6.45) is 4.79. The maximum absolute atomic E-state index is 10.9. The van der Waals surface area contributed by atoms with Crippen LogP contribution in [0.25, 0.3) is 0 Å². The van der Waals surface area contributed by atoms with Gasteiger partial charge in [-0.25, -0.2) is 0 Å². The molecular formula is C20H30O2. The summed E-state index contributed by atoms with van der Waals surface area (Å²) in [7, 11) is 1.71. The van der Waals surface area contributed by atoms with Crippen molar-refractivity contribution in [2.75, 3.05) is 7.11 Å². The van der Waals surface area contributed by atoms with Gasteiger partial charge in [0, 0.05) is 5.56 Å². The van der Waals surface area contributed by atoms with Crippen molar-refractivity contribution in [3.05, 3.63) is 22.8 Å². The summed E-state index contributed by atoms with van der Waals surface area (Å²) in [4.78, 5) is 0. The fourth-order valence-corrected chi connectivity index (χ4v) is 5.30. The van der Waals surface area contributed by atoms with Crippen molar-refractivity contribution in [3.8, 4) is 11.5 Å². The molecule has 0 radical (unpaired) electrons. The van der Waals surface area contributed by atoms with E-state index in [1.165, 1.54) is 30.4 Å². The monoisotopic (exact) mass is 302 g/mol. The van der Waals surface area contributed by atoms with Gasteiger partial charge in [0.2, 0.25) is 0 Å². The van der Waals surface area contributed by atoms with Crippen LogP contribution in [0.1, 0.15) is 76.5 Å². The summed E-state index contributed by atoms with van der Waals surface area (Å²) in [5.74, 6) is 2.23. The number of aromatic hydroxyl groups is 1. The van der Waals surface area contributed by atoms with E-state index in [0.717, 1.165) is 17.7 Å². The summed E-state index contributed by atoms with van der Waals surface area (Å²) in [6, 6.07) is 2.23. The number of hydrogen-bond acceptors (Lipinski definition) is 2. The quantitative estimate of drug-likeness (QED) is 0.817. The number of phenolic OH excluding ortho intramolecular Hbond substituents is 1. The summed E-state index contributed by atoms with van der Waals surface area (Å²) in [5.41, 5.74) is 4.01. The second kappa shape index (κ2) is 4.91. The number of methoxy groups -OCH3 is 1. The average Bonchev–Trinajstić information content (AvgIpc) is 2.73. The van der Waals surface area contributed by atoms with Crippen molar-refractivity contribution < 1.29 is 9.84 Å². The van der Waals surface area contributed by atoms with Gasteiger partial charge < -0.3 is 9.84 Å². The molecule has 22 heavy (non-hydrogen) atoms. The fraction of sp³-hybridized carbons (Fsp3) is 0.700. The number of hydrogen-bond donors (Lipinski definition) is 1. The summed E-state index contributed by atoms with van der Waals surface area (Å²) >= 11 is 0. The Balaban J connectivity index is 2.21. The number of rotatable bonds is 2. The van der Waals surface area contributed by atoms with E-state index in [2.05, 4.69) is 40.7 Å². The predicted octanol–water partition coefficient (Wildman–Crippen LogP) is 5.16. The second-order valence-electron chi connectivity index (χ2n) is 8.54. The number of fused-ring (bicyclic) bond motifs is 3. The van der Waals surface area contributed by atoms with Crippen molar-refractivity contribution in [1.82, 2.24) is 0 Å². The number of ether oxygens (including phenoxy) is 1. The van der Waals surface area contributed by atoms with Crippen molar-refractivity contribution in [3.63, 3.8) is 0 Å². The van der Waals surface area contributed by atoms with Crippen LogP contribution in [0, 0.1) is 11.3 Å². The van der Waals surface area contributed by atoms with Crippen LogP contribution < -0.4 is 4.74 Å². The Morgan fingerprint density at radius 1 is 1.23 bits per heavy atom. The van der Waals surface area contributed by atoms with Crippen LogP contribution in [0.15, 0.2) is 6.07 Å². The Bertz CT molecular complexity index is 600. The van der Waals surface area contributed by atoms with Gasteiger partial charge in [0.1, 0.15) is 11.5 Å². The zero-order valence-corrected chi connectivity index (χ0v) is 14.9. The van der Waals surface area contributed by atoms with Crippen LogP contribution in [-0.2, 0) is 11.8 Å². The Morgan fingerprint density at radius 2 is 1.91 bits per heavy atom. The maximum atomic E-state index is 10.9. The standard InChI is InChI=1S/C20H30O2/c1-12(2)17-15(22-6)11-14-13(18(17)21)10-16-19(3,4)8-7-9-20(14,16)5/h11-12,16,21H,7-10H2,1-6H3. The van der Waals surface area contributed by atoms with Crippen molar-refractivity contribution in [2.24, 2.45) is 11.3 Å². The van der Waals surface area contributed by atoms with Crippen molar-refractivity contribution in [2.45, 2.75) is 71.6 Å². The maximum Gasteiger partial charge on any atom is 0.126 e. The first-order valence-corrected chi connectivity index (χ1v) is 8.65. The van der Waals surface area contributed by atoms with Crippen LogP contribution in [0.4, 0.5) is 0 Å². The van der Waals surface area contributed by atoms with E-state index in [4.69, 9.17) is 4.74 Å². The van der Waals surface area contributed by atoms with Crippen LogP contribution in [-0.4, -0.2) is 12.2 Å². The molecule has 3 rings (SSSR count). The average molecular weight is 302 g/mol. The van der Waals surface area contributed by atoms with Crippen molar-refractivity contribution >= 4 is 0 Å². The molecule has 0 amide bonds. The molecule has 0 bridgehead atoms. The molecule has 2 atom stereocenters. The highest BCUT2D eigenvalue weighted by Crippen LogP contribution is 2.61. The zero-order chi connectivity index (χ0) is 16.3. The van der Waals surface area contributed by atoms with E-state index in [1.807, 2.05) is 0 Å². The molecule has 2 nitrogen and oxygen atoms in total. The molecular weight excluding hydrogens is 272 g/mol. The molecule has 2 aliphatic rings. The van der Waals surface area contributed by atoms with E-state index in [9.17, 15) is 5.11 Å². The fourth-order valence-electron chi connectivity index (χ4n) is 5.30. The number of phenols is 1. The van der Waals surface area contributed by atoms with Gasteiger partial charge in [-0.2, -0.15) is 0 Å².